The van der Waals surface area contributed by atoms with E-state index in [-0.39, 0.29) is 17.2 Å². The summed E-state index contributed by atoms with van der Waals surface area (Å²) in [5.74, 6) is 0.745. The van der Waals surface area contributed by atoms with Crippen LogP contribution in [-0.4, -0.2) is 37.8 Å². The van der Waals surface area contributed by atoms with Gasteiger partial charge < -0.3 is 14.7 Å². The molecule has 0 saturated heterocycles. The molecule has 1 N–H and O–H groups in total. The van der Waals surface area contributed by atoms with Crippen molar-refractivity contribution >= 4 is 0 Å². The Kier molecular flexibility index (Phi) is 4.18. The van der Waals surface area contributed by atoms with Crippen LogP contribution in [0.3, 0.4) is 0 Å². The molecule has 23 heavy (non-hydrogen) atoms. The molecule has 0 radical (unpaired) electrons. The molecule has 128 valence electrons. The van der Waals surface area contributed by atoms with Gasteiger partial charge in [0, 0.05) is 18.5 Å². The van der Waals surface area contributed by atoms with Crippen molar-refractivity contribution in [2.45, 2.75) is 38.2 Å². The van der Waals surface area contributed by atoms with Crippen molar-refractivity contribution in [3.05, 3.63) is 29.6 Å². The summed E-state index contributed by atoms with van der Waals surface area (Å²) >= 11 is 0. The van der Waals surface area contributed by atoms with Gasteiger partial charge in [-0.3, -0.25) is 0 Å². The number of hydrogen-bond acceptors (Lipinski definition) is 3. The highest BCUT2D eigenvalue weighted by molar-refractivity contribution is 5.35. The second-order valence-electron chi connectivity index (χ2n) is 8.16. The molecule has 1 aromatic rings. The normalized spacial score (nSPS) is 36.5. The van der Waals surface area contributed by atoms with E-state index >= 15 is 0 Å². The number of halogens is 1. The van der Waals surface area contributed by atoms with Gasteiger partial charge in [0.15, 0.2) is 0 Å². The van der Waals surface area contributed by atoms with Crippen molar-refractivity contribution in [1.82, 2.24) is 4.90 Å². The quantitative estimate of drug-likeness (QED) is 0.922. The number of ether oxygens (including phenoxy) is 1. The Morgan fingerprint density at radius 1 is 1.35 bits per heavy atom. The molecule has 4 unspecified atom stereocenters. The molecule has 0 amide bonds. The first-order valence-electron chi connectivity index (χ1n) is 8.48. The Labute approximate surface area is 138 Å². The molecule has 2 aliphatic rings. The summed E-state index contributed by atoms with van der Waals surface area (Å²) in [7, 11) is 5.61. The molecule has 4 heteroatoms. The number of methoxy groups -OCH3 is 1. The molecular formula is C19H28FNO2. The van der Waals surface area contributed by atoms with Crippen molar-refractivity contribution in [2.24, 2.45) is 17.3 Å². The second-order valence-corrected chi connectivity index (χ2v) is 8.16. The molecule has 3 nitrogen and oxygen atoms in total. The predicted octanol–water partition coefficient (Wildman–Crippen LogP) is 3.41. The fourth-order valence-corrected chi connectivity index (χ4v) is 4.99. The Morgan fingerprint density at radius 2 is 2.09 bits per heavy atom. The maximum Gasteiger partial charge on any atom is 0.127 e. The van der Waals surface area contributed by atoms with Crippen LogP contribution < -0.4 is 4.74 Å². The van der Waals surface area contributed by atoms with E-state index < -0.39 is 5.60 Å². The summed E-state index contributed by atoms with van der Waals surface area (Å²) in [5.41, 5.74) is -0.172. The fraction of sp³-hybridized carbons (Fsp3) is 0.684. The van der Waals surface area contributed by atoms with Crippen LogP contribution in [0, 0.1) is 23.1 Å². The zero-order valence-corrected chi connectivity index (χ0v) is 14.6. The molecule has 0 heterocycles. The Bertz CT molecular complexity index is 591. The third-order valence-corrected chi connectivity index (χ3v) is 5.92. The SMILES string of the molecule is COc1cc(F)cc(C2(O)CC3(C)CCC(C3)C2CN(C)C)c1. The number of fused-ring (bicyclic) bond motifs is 2. The standard InChI is InChI=1S/C19H28FNO2/c1-18-6-5-13(10-18)17(11-21(2)3)19(22,12-18)14-7-15(20)9-16(8-14)23-4/h7-9,13,17,22H,5-6,10-12H2,1-4H3. The van der Waals surface area contributed by atoms with Gasteiger partial charge in [-0.05, 0) is 68.8 Å². The largest absolute Gasteiger partial charge is 0.497 e. The Morgan fingerprint density at radius 3 is 2.74 bits per heavy atom. The lowest BCUT2D eigenvalue weighted by Gasteiger charge is -2.49. The van der Waals surface area contributed by atoms with Crippen LogP contribution in [0.2, 0.25) is 0 Å². The van der Waals surface area contributed by atoms with Crippen molar-refractivity contribution < 1.29 is 14.2 Å². The molecular weight excluding hydrogens is 293 g/mol. The minimum Gasteiger partial charge on any atom is -0.497 e. The molecule has 2 fully saturated rings. The van der Waals surface area contributed by atoms with Crippen LogP contribution in [0.5, 0.6) is 5.75 Å². The van der Waals surface area contributed by atoms with Gasteiger partial charge in [-0.25, -0.2) is 4.39 Å². The number of nitrogens with zero attached hydrogens (tertiary/aromatic N) is 1. The van der Waals surface area contributed by atoms with Crippen molar-refractivity contribution in [3.63, 3.8) is 0 Å². The highest BCUT2D eigenvalue weighted by Crippen LogP contribution is 2.60. The lowest BCUT2D eigenvalue weighted by atomic mass is 9.61. The first-order valence-corrected chi connectivity index (χ1v) is 8.48. The average molecular weight is 321 g/mol. The molecule has 2 bridgehead atoms. The van der Waals surface area contributed by atoms with Gasteiger partial charge >= 0.3 is 0 Å². The summed E-state index contributed by atoms with van der Waals surface area (Å²) in [4.78, 5) is 2.13. The average Bonchev–Trinajstić information content (AvgIpc) is 2.80. The van der Waals surface area contributed by atoms with E-state index in [1.165, 1.54) is 25.7 Å². The molecule has 0 aromatic heterocycles. The van der Waals surface area contributed by atoms with Crippen molar-refractivity contribution in [2.75, 3.05) is 27.7 Å². The molecule has 4 atom stereocenters. The maximum absolute atomic E-state index is 14.0. The van der Waals surface area contributed by atoms with Gasteiger partial charge in [0.1, 0.15) is 11.6 Å². The van der Waals surface area contributed by atoms with Crippen LogP contribution >= 0.6 is 0 Å². The molecule has 2 saturated carbocycles. The third kappa shape index (κ3) is 2.99. The summed E-state index contributed by atoms with van der Waals surface area (Å²) in [6, 6.07) is 4.66. The zero-order valence-electron chi connectivity index (χ0n) is 14.6. The number of aliphatic hydroxyl groups is 1. The van der Waals surface area contributed by atoms with E-state index in [0.29, 0.717) is 23.7 Å². The number of rotatable bonds is 4. The fourth-order valence-electron chi connectivity index (χ4n) is 4.99. The number of hydrogen-bond donors (Lipinski definition) is 1. The van der Waals surface area contributed by atoms with Crippen molar-refractivity contribution in [1.29, 1.82) is 0 Å². The maximum atomic E-state index is 14.0. The molecule has 1 aromatic carbocycles. The molecule has 2 aliphatic carbocycles. The van der Waals surface area contributed by atoms with E-state index in [4.69, 9.17) is 4.74 Å². The van der Waals surface area contributed by atoms with Crippen LogP contribution in [0.25, 0.3) is 0 Å². The van der Waals surface area contributed by atoms with Crippen molar-refractivity contribution in [3.8, 4) is 5.75 Å². The van der Waals surface area contributed by atoms with Crippen LogP contribution in [0.15, 0.2) is 18.2 Å². The third-order valence-electron chi connectivity index (χ3n) is 5.92. The van der Waals surface area contributed by atoms with Crippen LogP contribution in [-0.2, 0) is 5.60 Å². The molecule has 3 rings (SSSR count). The van der Waals surface area contributed by atoms with E-state index in [1.54, 1.807) is 6.07 Å². The first kappa shape index (κ1) is 16.7. The van der Waals surface area contributed by atoms with E-state index in [2.05, 4.69) is 11.8 Å². The first-order chi connectivity index (χ1) is 10.8. The monoisotopic (exact) mass is 321 g/mol. The Balaban J connectivity index is 2.06. The highest BCUT2D eigenvalue weighted by atomic mass is 19.1. The van der Waals surface area contributed by atoms with E-state index in [9.17, 15) is 9.50 Å². The topological polar surface area (TPSA) is 32.7 Å². The number of benzene rings is 1. The van der Waals surface area contributed by atoms with Gasteiger partial charge in [-0.15, -0.1) is 0 Å². The predicted molar refractivity (Wildman–Crippen MR) is 89.0 cm³/mol. The minimum absolute atomic E-state index is 0.125. The molecule has 0 spiro atoms. The van der Waals surface area contributed by atoms with Crippen LogP contribution in [0.4, 0.5) is 4.39 Å². The van der Waals surface area contributed by atoms with E-state index in [0.717, 1.165) is 19.4 Å². The summed E-state index contributed by atoms with van der Waals surface area (Å²) in [6.45, 7) is 3.08. The Hall–Kier alpha value is -1.13. The summed E-state index contributed by atoms with van der Waals surface area (Å²) in [5, 5.41) is 11.7. The van der Waals surface area contributed by atoms with Gasteiger partial charge in [-0.1, -0.05) is 6.92 Å². The highest BCUT2D eigenvalue weighted by Gasteiger charge is 2.56. The second kappa shape index (κ2) is 5.75. The minimum atomic E-state index is -0.992. The van der Waals surface area contributed by atoms with E-state index in [1.807, 2.05) is 14.1 Å². The smallest absolute Gasteiger partial charge is 0.127 e. The lowest BCUT2D eigenvalue weighted by molar-refractivity contribution is -0.108. The lowest BCUT2D eigenvalue weighted by Crippen LogP contribution is -2.49. The molecule has 0 aliphatic heterocycles. The van der Waals surface area contributed by atoms with Gasteiger partial charge in [0.25, 0.3) is 0 Å². The summed E-state index contributed by atoms with van der Waals surface area (Å²) in [6.07, 6.45) is 4.17. The van der Waals surface area contributed by atoms with Gasteiger partial charge in [-0.2, -0.15) is 0 Å². The van der Waals surface area contributed by atoms with Crippen LogP contribution in [0.1, 0.15) is 38.2 Å². The van der Waals surface area contributed by atoms with Gasteiger partial charge in [0.2, 0.25) is 0 Å². The zero-order chi connectivity index (χ0) is 16.8. The van der Waals surface area contributed by atoms with Gasteiger partial charge in [0.05, 0.1) is 12.7 Å². The summed E-state index contributed by atoms with van der Waals surface area (Å²) < 4.78 is 19.3.